The molecule has 0 radical (unpaired) electrons. The molecule has 1 atom stereocenters. The molecule has 2 aliphatic carbocycles. The lowest BCUT2D eigenvalue weighted by molar-refractivity contribution is 0.344. The molecule has 2 aromatic carbocycles. The van der Waals surface area contributed by atoms with E-state index in [4.69, 9.17) is 9.47 Å². The van der Waals surface area contributed by atoms with Crippen molar-refractivity contribution in [1.29, 1.82) is 0 Å². The topological polar surface area (TPSA) is 30.5 Å². The van der Waals surface area contributed by atoms with Crippen LogP contribution in [0.3, 0.4) is 0 Å². The van der Waals surface area contributed by atoms with E-state index in [2.05, 4.69) is 89.9 Å². The lowest BCUT2D eigenvalue weighted by Crippen LogP contribution is -2.28. The monoisotopic (exact) mass is 487 g/mol. The summed E-state index contributed by atoms with van der Waals surface area (Å²) in [5, 5.41) is 3.50. The van der Waals surface area contributed by atoms with Crippen molar-refractivity contribution < 1.29 is 9.47 Å². The molecule has 0 bridgehead atoms. The lowest BCUT2D eigenvalue weighted by Gasteiger charge is -2.37. The average Bonchev–Trinajstić information content (AvgIpc) is 3.30. The molecule has 0 saturated heterocycles. The molecule has 2 aliphatic rings. The second kappa shape index (κ2) is 11.4. The first-order valence-electron chi connectivity index (χ1n) is 13.5. The van der Waals surface area contributed by atoms with E-state index in [9.17, 15) is 0 Å². The van der Waals surface area contributed by atoms with Crippen LogP contribution in [0.4, 0.5) is 5.69 Å². The zero-order valence-electron chi connectivity index (χ0n) is 23.9. The normalized spacial score (nSPS) is 17.8. The van der Waals surface area contributed by atoms with Gasteiger partial charge in [-0.25, -0.2) is 0 Å². The Hall–Kier alpha value is -2.94. The number of ether oxygens (including phenoxy) is 2. The van der Waals surface area contributed by atoms with Crippen LogP contribution in [-0.2, 0) is 18.3 Å². The second-order valence-corrected chi connectivity index (χ2v) is 10.7. The fourth-order valence-corrected chi connectivity index (χ4v) is 5.59. The first-order chi connectivity index (χ1) is 17.1. The maximum atomic E-state index is 6.44. The Morgan fingerprint density at radius 2 is 1.78 bits per heavy atom. The fraction of sp³-hybridized carbons (Fsp3) is 0.455. The van der Waals surface area contributed by atoms with Crippen molar-refractivity contribution in [2.45, 2.75) is 86.5 Å². The Labute approximate surface area is 219 Å². The summed E-state index contributed by atoms with van der Waals surface area (Å²) < 4.78 is 12.1. The fourth-order valence-electron chi connectivity index (χ4n) is 5.59. The van der Waals surface area contributed by atoms with E-state index < -0.39 is 0 Å². The van der Waals surface area contributed by atoms with Gasteiger partial charge in [0.15, 0.2) is 0 Å². The van der Waals surface area contributed by atoms with Crippen LogP contribution in [0.1, 0.15) is 82.2 Å². The van der Waals surface area contributed by atoms with Crippen molar-refractivity contribution in [3.8, 4) is 11.5 Å². The van der Waals surface area contributed by atoms with Crippen LogP contribution in [0.2, 0.25) is 0 Å². The van der Waals surface area contributed by atoms with Crippen LogP contribution in [-0.4, -0.2) is 7.11 Å². The summed E-state index contributed by atoms with van der Waals surface area (Å²) >= 11 is 0. The van der Waals surface area contributed by atoms with Crippen LogP contribution in [0.25, 0.3) is 0 Å². The van der Waals surface area contributed by atoms with Gasteiger partial charge in [-0.1, -0.05) is 66.3 Å². The van der Waals surface area contributed by atoms with Crippen LogP contribution in [0.15, 0.2) is 60.0 Å². The van der Waals surface area contributed by atoms with Crippen molar-refractivity contribution in [3.05, 3.63) is 87.8 Å². The molecular weight excluding hydrogens is 442 g/mol. The molecule has 1 unspecified atom stereocenters. The van der Waals surface area contributed by atoms with Gasteiger partial charge in [0, 0.05) is 12.1 Å². The highest BCUT2D eigenvalue weighted by Gasteiger charge is 2.32. The molecule has 0 amide bonds. The summed E-state index contributed by atoms with van der Waals surface area (Å²) in [6.07, 6.45) is 8.24. The Morgan fingerprint density at radius 3 is 2.44 bits per heavy atom. The van der Waals surface area contributed by atoms with Gasteiger partial charge in [-0.3, -0.25) is 0 Å². The molecule has 36 heavy (non-hydrogen) atoms. The number of rotatable bonds is 7. The van der Waals surface area contributed by atoms with E-state index in [1.165, 1.54) is 28.7 Å². The summed E-state index contributed by atoms with van der Waals surface area (Å²) in [6, 6.07) is 8.92. The minimum Gasteiger partial charge on any atom is -0.495 e. The van der Waals surface area contributed by atoms with Gasteiger partial charge >= 0.3 is 0 Å². The van der Waals surface area contributed by atoms with Crippen molar-refractivity contribution in [2.75, 3.05) is 12.4 Å². The molecule has 2 aromatic rings. The number of nitrogens with one attached hydrogen (secondary N) is 1. The zero-order valence-corrected chi connectivity index (χ0v) is 23.9. The molecule has 194 valence electrons. The molecule has 0 heterocycles. The van der Waals surface area contributed by atoms with Gasteiger partial charge in [0.05, 0.1) is 12.8 Å². The van der Waals surface area contributed by atoms with E-state index in [-0.39, 0.29) is 5.41 Å². The van der Waals surface area contributed by atoms with Gasteiger partial charge in [0.2, 0.25) is 0 Å². The predicted octanol–water partition coefficient (Wildman–Crippen LogP) is 8.98. The molecule has 0 saturated carbocycles. The van der Waals surface area contributed by atoms with Crippen molar-refractivity contribution in [1.82, 2.24) is 0 Å². The van der Waals surface area contributed by atoms with Crippen LogP contribution in [0, 0.1) is 19.8 Å². The molecule has 3 nitrogen and oxygen atoms in total. The van der Waals surface area contributed by atoms with Gasteiger partial charge in [0.25, 0.3) is 0 Å². The predicted molar refractivity (Wildman–Crippen MR) is 154 cm³/mol. The molecule has 4 rings (SSSR count). The van der Waals surface area contributed by atoms with Crippen LogP contribution >= 0.6 is 0 Å². The third-order valence-electron chi connectivity index (χ3n) is 7.28. The second-order valence-electron chi connectivity index (χ2n) is 10.7. The number of aryl methyl sites for hydroxylation is 3. The third-order valence-corrected chi connectivity index (χ3v) is 7.28. The van der Waals surface area contributed by atoms with Gasteiger partial charge in [-0.2, -0.15) is 0 Å². The standard InChI is InChI=1S/C31H39NO2.C2H6/c1-9-23-13-21(4)30(29(15-23)33-8)32-22(5)24-10-11-26(16-24)34-28-17-27-25(14-20(28)3)12-19(2)18-31(27,6)7;1-2/h10-11,13-15,17,19,32H,5,9,12,16,18H2,1-4,6-8H3;1-2H3. The van der Waals surface area contributed by atoms with Gasteiger partial charge in [-0.05, 0) is 96.0 Å². The molecular formula is C33H45NO2. The van der Waals surface area contributed by atoms with E-state index in [0.717, 1.165) is 65.0 Å². The minimum atomic E-state index is 0.175. The maximum Gasteiger partial charge on any atom is 0.142 e. The van der Waals surface area contributed by atoms with E-state index in [0.29, 0.717) is 0 Å². The highest BCUT2D eigenvalue weighted by molar-refractivity contribution is 5.67. The first kappa shape index (κ1) is 27.6. The maximum absolute atomic E-state index is 6.44. The van der Waals surface area contributed by atoms with Crippen molar-refractivity contribution in [2.24, 2.45) is 5.92 Å². The molecule has 0 fully saturated rings. The minimum absolute atomic E-state index is 0.175. The first-order valence-corrected chi connectivity index (χ1v) is 13.5. The van der Waals surface area contributed by atoms with Crippen LogP contribution in [0.5, 0.6) is 11.5 Å². The van der Waals surface area contributed by atoms with E-state index >= 15 is 0 Å². The molecule has 0 aliphatic heterocycles. The van der Waals surface area contributed by atoms with E-state index in [1.807, 2.05) is 13.8 Å². The van der Waals surface area contributed by atoms with Gasteiger partial charge in [-0.15, -0.1) is 0 Å². The number of hydrogen-bond donors (Lipinski definition) is 1. The number of fused-ring (bicyclic) bond motifs is 1. The lowest BCUT2D eigenvalue weighted by atomic mass is 9.68. The van der Waals surface area contributed by atoms with Crippen molar-refractivity contribution in [3.63, 3.8) is 0 Å². The zero-order chi connectivity index (χ0) is 26.6. The Morgan fingerprint density at radius 1 is 1.06 bits per heavy atom. The summed E-state index contributed by atoms with van der Waals surface area (Å²) in [7, 11) is 1.72. The summed E-state index contributed by atoms with van der Waals surface area (Å²) in [4.78, 5) is 0. The quantitative estimate of drug-likeness (QED) is 0.423. The largest absolute Gasteiger partial charge is 0.495 e. The number of anilines is 1. The summed E-state index contributed by atoms with van der Waals surface area (Å²) in [6.45, 7) is 21.8. The van der Waals surface area contributed by atoms with Crippen LogP contribution < -0.4 is 14.8 Å². The molecule has 0 spiro atoms. The smallest absolute Gasteiger partial charge is 0.142 e. The Kier molecular flexibility index (Phi) is 8.76. The number of methoxy groups -OCH3 is 1. The summed E-state index contributed by atoms with van der Waals surface area (Å²) in [5.41, 5.74) is 9.68. The number of hydrogen-bond acceptors (Lipinski definition) is 3. The number of benzene rings is 2. The highest BCUT2D eigenvalue weighted by atomic mass is 16.5. The third kappa shape index (κ3) is 5.88. The van der Waals surface area contributed by atoms with Gasteiger partial charge < -0.3 is 14.8 Å². The Bertz CT molecular complexity index is 1180. The Balaban J connectivity index is 0.00000176. The highest BCUT2D eigenvalue weighted by Crippen LogP contribution is 2.43. The summed E-state index contributed by atoms with van der Waals surface area (Å²) in [5.74, 6) is 3.49. The SMILES string of the molecule is C=C(Nc1c(C)cc(CC)cc1OC)C1=CC=C(Oc2cc3c(cc2C)CC(C)CC3(C)C)C1.CC. The van der Waals surface area contributed by atoms with Crippen molar-refractivity contribution >= 4 is 5.69 Å². The van der Waals surface area contributed by atoms with E-state index in [1.54, 1.807) is 7.11 Å². The molecule has 3 heteroatoms. The number of allylic oxidation sites excluding steroid dienone is 4. The molecule has 0 aromatic heterocycles. The van der Waals surface area contributed by atoms with Gasteiger partial charge in [0.1, 0.15) is 17.3 Å². The molecule has 1 N–H and O–H groups in total. The average molecular weight is 488 g/mol.